The summed E-state index contributed by atoms with van der Waals surface area (Å²) in [6, 6.07) is 6.04. The molecule has 1 aromatic carbocycles. The van der Waals surface area contributed by atoms with E-state index in [1.807, 2.05) is 12.1 Å². The molecule has 2 aliphatic rings. The molecule has 4 nitrogen and oxygen atoms in total. The van der Waals surface area contributed by atoms with Gasteiger partial charge in [-0.05, 0) is 50.2 Å². The van der Waals surface area contributed by atoms with Crippen molar-refractivity contribution in [1.82, 2.24) is 15.5 Å². The highest BCUT2D eigenvalue weighted by Crippen LogP contribution is 2.33. The molecule has 1 fully saturated rings. The highest BCUT2D eigenvalue weighted by Gasteiger charge is 2.36. The SMILES string of the molecule is CN(C)C1(CNC(=O)c2ccc3c(c2)CNC3)CCCC1. The second-order valence-corrected chi connectivity index (χ2v) is 6.60. The van der Waals surface area contributed by atoms with Crippen molar-refractivity contribution in [2.45, 2.75) is 44.3 Å². The van der Waals surface area contributed by atoms with Gasteiger partial charge in [0.1, 0.15) is 0 Å². The van der Waals surface area contributed by atoms with Crippen molar-refractivity contribution in [3.05, 3.63) is 34.9 Å². The molecule has 1 amide bonds. The molecule has 114 valence electrons. The van der Waals surface area contributed by atoms with Crippen LogP contribution in [0.25, 0.3) is 0 Å². The number of nitrogens with one attached hydrogen (secondary N) is 2. The van der Waals surface area contributed by atoms with Crippen molar-refractivity contribution in [1.29, 1.82) is 0 Å². The van der Waals surface area contributed by atoms with Gasteiger partial charge in [-0.25, -0.2) is 0 Å². The Labute approximate surface area is 126 Å². The number of fused-ring (bicyclic) bond motifs is 1. The van der Waals surface area contributed by atoms with Crippen LogP contribution in [0.2, 0.25) is 0 Å². The fourth-order valence-corrected chi connectivity index (χ4v) is 3.60. The Balaban J connectivity index is 1.66. The average molecular weight is 287 g/mol. The number of rotatable bonds is 4. The molecule has 1 aliphatic heterocycles. The average Bonchev–Trinajstić information content (AvgIpc) is 3.13. The van der Waals surface area contributed by atoms with Crippen molar-refractivity contribution in [2.24, 2.45) is 0 Å². The Morgan fingerprint density at radius 2 is 1.95 bits per heavy atom. The maximum absolute atomic E-state index is 12.4. The maximum atomic E-state index is 12.4. The van der Waals surface area contributed by atoms with E-state index in [0.29, 0.717) is 0 Å². The molecule has 3 rings (SSSR count). The molecule has 0 unspecified atom stereocenters. The summed E-state index contributed by atoms with van der Waals surface area (Å²) < 4.78 is 0. The van der Waals surface area contributed by atoms with Gasteiger partial charge in [-0.3, -0.25) is 4.79 Å². The van der Waals surface area contributed by atoms with Crippen LogP contribution in [-0.4, -0.2) is 37.0 Å². The van der Waals surface area contributed by atoms with Gasteiger partial charge < -0.3 is 15.5 Å². The van der Waals surface area contributed by atoms with Crippen molar-refractivity contribution in [3.63, 3.8) is 0 Å². The normalized spacial score (nSPS) is 19.8. The third-order valence-corrected chi connectivity index (χ3v) is 5.16. The van der Waals surface area contributed by atoms with Gasteiger partial charge >= 0.3 is 0 Å². The molecular formula is C17H25N3O. The van der Waals surface area contributed by atoms with E-state index in [-0.39, 0.29) is 11.4 Å². The van der Waals surface area contributed by atoms with Gasteiger partial charge in [0.25, 0.3) is 5.91 Å². The zero-order chi connectivity index (χ0) is 14.9. The molecule has 1 heterocycles. The predicted octanol–water partition coefficient (Wildman–Crippen LogP) is 1.89. The monoisotopic (exact) mass is 287 g/mol. The molecule has 1 aromatic rings. The third-order valence-electron chi connectivity index (χ3n) is 5.16. The number of likely N-dealkylation sites (N-methyl/N-ethyl adjacent to an activating group) is 1. The maximum Gasteiger partial charge on any atom is 0.251 e. The van der Waals surface area contributed by atoms with Crippen molar-refractivity contribution < 1.29 is 4.79 Å². The van der Waals surface area contributed by atoms with Crippen LogP contribution in [0.5, 0.6) is 0 Å². The molecule has 0 spiro atoms. The number of nitrogens with zero attached hydrogens (tertiary/aromatic N) is 1. The number of benzene rings is 1. The number of amides is 1. The highest BCUT2D eigenvalue weighted by molar-refractivity contribution is 5.94. The Kier molecular flexibility index (Phi) is 4.00. The minimum absolute atomic E-state index is 0.0535. The molecule has 2 N–H and O–H groups in total. The van der Waals surface area contributed by atoms with Crippen LogP contribution in [0, 0.1) is 0 Å². The van der Waals surface area contributed by atoms with Crippen LogP contribution >= 0.6 is 0 Å². The van der Waals surface area contributed by atoms with Gasteiger partial charge in [0.05, 0.1) is 0 Å². The summed E-state index contributed by atoms with van der Waals surface area (Å²) in [5.74, 6) is 0.0535. The van der Waals surface area contributed by atoms with E-state index in [0.717, 1.165) is 25.2 Å². The highest BCUT2D eigenvalue weighted by atomic mass is 16.1. The first-order valence-electron chi connectivity index (χ1n) is 7.89. The van der Waals surface area contributed by atoms with Gasteiger partial charge in [-0.1, -0.05) is 18.9 Å². The number of carbonyl (C=O) groups is 1. The first kappa shape index (κ1) is 14.5. The quantitative estimate of drug-likeness (QED) is 0.889. The summed E-state index contributed by atoms with van der Waals surface area (Å²) in [6.07, 6.45) is 4.87. The van der Waals surface area contributed by atoms with Crippen molar-refractivity contribution >= 4 is 5.91 Å². The largest absolute Gasteiger partial charge is 0.350 e. The first-order chi connectivity index (χ1) is 10.1. The van der Waals surface area contributed by atoms with Crippen molar-refractivity contribution in [2.75, 3.05) is 20.6 Å². The summed E-state index contributed by atoms with van der Waals surface area (Å²) >= 11 is 0. The summed E-state index contributed by atoms with van der Waals surface area (Å²) in [6.45, 7) is 2.53. The molecule has 0 radical (unpaired) electrons. The lowest BCUT2D eigenvalue weighted by atomic mass is 9.95. The van der Waals surface area contributed by atoms with Gasteiger partial charge in [0, 0.05) is 30.7 Å². The van der Waals surface area contributed by atoms with E-state index in [4.69, 9.17) is 0 Å². The van der Waals surface area contributed by atoms with Gasteiger partial charge in [-0.2, -0.15) is 0 Å². The third kappa shape index (κ3) is 2.83. The Morgan fingerprint density at radius 3 is 2.67 bits per heavy atom. The van der Waals surface area contributed by atoms with E-state index >= 15 is 0 Å². The lowest BCUT2D eigenvalue weighted by molar-refractivity contribution is 0.0900. The minimum atomic E-state index is 0.0535. The van der Waals surface area contributed by atoms with Crippen LogP contribution in [0.4, 0.5) is 0 Å². The summed E-state index contributed by atoms with van der Waals surface area (Å²) in [7, 11) is 4.25. The lowest BCUT2D eigenvalue weighted by Crippen LogP contribution is -2.50. The molecule has 1 aliphatic carbocycles. The van der Waals surface area contributed by atoms with E-state index in [1.165, 1.54) is 36.8 Å². The van der Waals surface area contributed by atoms with Gasteiger partial charge in [-0.15, -0.1) is 0 Å². The Morgan fingerprint density at radius 1 is 1.24 bits per heavy atom. The molecule has 0 bridgehead atoms. The number of hydrogen-bond donors (Lipinski definition) is 2. The van der Waals surface area contributed by atoms with Gasteiger partial charge in [0.2, 0.25) is 0 Å². The second-order valence-electron chi connectivity index (χ2n) is 6.60. The molecular weight excluding hydrogens is 262 g/mol. The van der Waals surface area contributed by atoms with E-state index in [1.54, 1.807) is 0 Å². The molecule has 0 aromatic heterocycles. The summed E-state index contributed by atoms with van der Waals surface area (Å²) in [5.41, 5.74) is 3.50. The van der Waals surface area contributed by atoms with Crippen LogP contribution in [-0.2, 0) is 13.1 Å². The summed E-state index contributed by atoms with van der Waals surface area (Å²) in [4.78, 5) is 14.7. The Hall–Kier alpha value is -1.39. The van der Waals surface area contributed by atoms with Crippen LogP contribution in [0.15, 0.2) is 18.2 Å². The molecule has 21 heavy (non-hydrogen) atoms. The zero-order valence-corrected chi connectivity index (χ0v) is 13.0. The zero-order valence-electron chi connectivity index (χ0n) is 13.0. The minimum Gasteiger partial charge on any atom is -0.350 e. The van der Waals surface area contributed by atoms with E-state index in [9.17, 15) is 4.79 Å². The molecule has 0 atom stereocenters. The predicted molar refractivity (Wildman–Crippen MR) is 84.2 cm³/mol. The Bertz CT molecular complexity index is 533. The van der Waals surface area contributed by atoms with Crippen LogP contribution < -0.4 is 10.6 Å². The molecule has 0 saturated heterocycles. The van der Waals surface area contributed by atoms with E-state index < -0.39 is 0 Å². The van der Waals surface area contributed by atoms with Gasteiger partial charge in [0.15, 0.2) is 0 Å². The molecule has 1 saturated carbocycles. The fourth-order valence-electron chi connectivity index (χ4n) is 3.60. The van der Waals surface area contributed by atoms with Crippen LogP contribution in [0.1, 0.15) is 47.2 Å². The number of hydrogen-bond acceptors (Lipinski definition) is 3. The summed E-state index contributed by atoms with van der Waals surface area (Å²) in [5, 5.41) is 6.47. The van der Waals surface area contributed by atoms with Crippen molar-refractivity contribution in [3.8, 4) is 0 Å². The van der Waals surface area contributed by atoms with E-state index in [2.05, 4.69) is 35.7 Å². The number of carbonyl (C=O) groups excluding carboxylic acids is 1. The van der Waals surface area contributed by atoms with Crippen LogP contribution in [0.3, 0.4) is 0 Å². The fraction of sp³-hybridized carbons (Fsp3) is 0.588. The second kappa shape index (κ2) is 5.78. The molecule has 4 heteroatoms. The lowest BCUT2D eigenvalue weighted by Gasteiger charge is -2.36. The topological polar surface area (TPSA) is 44.4 Å². The standard InChI is InChI=1S/C17H25N3O/c1-20(2)17(7-3-4-8-17)12-19-16(21)13-5-6-14-10-18-11-15(14)9-13/h5-6,9,18H,3-4,7-8,10-12H2,1-2H3,(H,19,21). The first-order valence-corrected chi connectivity index (χ1v) is 7.89. The smallest absolute Gasteiger partial charge is 0.251 e.